The van der Waals surface area contributed by atoms with E-state index in [1.54, 1.807) is 0 Å². The fraction of sp³-hybridized carbons (Fsp3) is 0.167. The first kappa shape index (κ1) is 19.1. The van der Waals surface area contributed by atoms with Crippen LogP contribution in [0.3, 0.4) is 0 Å². The molecule has 0 aliphatic heterocycles. The summed E-state index contributed by atoms with van der Waals surface area (Å²) in [5.41, 5.74) is 16.3. The van der Waals surface area contributed by atoms with Crippen LogP contribution < -0.4 is 11.5 Å². The van der Waals surface area contributed by atoms with Gasteiger partial charge >= 0.3 is 0 Å². The molecule has 0 saturated heterocycles. The van der Waals surface area contributed by atoms with Crippen LogP contribution in [-0.4, -0.2) is 13.1 Å². The molecule has 4 heteroatoms. The largest absolute Gasteiger partial charge is 0.330 e. The topological polar surface area (TPSA) is 52.0 Å². The van der Waals surface area contributed by atoms with E-state index in [0.29, 0.717) is 13.1 Å². The lowest BCUT2D eigenvalue weighted by Gasteiger charge is -2.05. The van der Waals surface area contributed by atoms with E-state index in [9.17, 15) is 0 Å². The molecule has 0 amide bonds. The van der Waals surface area contributed by atoms with Crippen molar-refractivity contribution in [1.82, 2.24) is 0 Å². The molecule has 4 aromatic rings. The minimum atomic E-state index is 0.703. The van der Waals surface area contributed by atoms with Crippen LogP contribution in [0.1, 0.15) is 9.75 Å². The van der Waals surface area contributed by atoms with Crippen LogP contribution in [0.4, 0.5) is 0 Å². The molecule has 4 N–H and O–H groups in total. The van der Waals surface area contributed by atoms with Gasteiger partial charge < -0.3 is 11.5 Å². The number of nitrogens with two attached hydrogens (primary N) is 2. The molecule has 2 nitrogen and oxygen atoms in total. The molecule has 0 unspecified atom stereocenters. The van der Waals surface area contributed by atoms with E-state index in [1.165, 1.54) is 41.8 Å². The summed E-state index contributed by atoms with van der Waals surface area (Å²) in [5, 5.41) is 0. The molecule has 0 aliphatic rings. The molecule has 0 atom stereocenters. The number of rotatable bonds is 7. The molecule has 0 radical (unpaired) electrons. The molecule has 0 saturated carbocycles. The standard InChI is InChI=1S/C24H24N2S2/c25-15-13-21-9-11-23(27-21)19-5-1-17(2-6-19)18-3-7-20(8-4-18)24-12-10-22(28-24)14-16-26/h1-12H,13-16,25-26H2. The predicted octanol–water partition coefficient (Wildman–Crippen LogP) is 5.81. The second-order valence-electron chi connectivity index (χ2n) is 6.76. The van der Waals surface area contributed by atoms with Crippen LogP contribution in [-0.2, 0) is 12.8 Å². The first-order valence-corrected chi connectivity index (χ1v) is 11.2. The average Bonchev–Trinajstić information content (AvgIpc) is 3.39. The Labute approximate surface area is 174 Å². The van der Waals surface area contributed by atoms with Gasteiger partial charge in [-0.25, -0.2) is 0 Å². The highest BCUT2D eigenvalue weighted by Crippen LogP contribution is 2.32. The lowest BCUT2D eigenvalue weighted by molar-refractivity contribution is 0.989. The van der Waals surface area contributed by atoms with Crippen molar-refractivity contribution in [2.24, 2.45) is 11.5 Å². The quantitative estimate of drug-likeness (QED) is 0.408. The van der Waals surface area contributed by atoms with Crippen molar-refractivity contribution in [3.63, 3.8) is 0 Å². The summed E-state index contributed by atoms with van der Waals surface area (Å²) in [6, 6.07) is 26.4. The zero-order valence-electron chi connectivity index (χ0n) is 15.7. The highest BCUT2D eigenvalue weighted by atomic mass is 32.1. The lowest BCUT2D eigenvalue weighted by atomic mass is 10.0. The number of hydrogen-bond donors (Lipinski definition) is 2. The van der Waals surface area contributed by atoms with Crippen molar-refractivity contribution in [1.29, 1.82) is 0 Å². The Morgan fingerprint density at radius 2 is 0.821 bits per heavy atom. The maximum Gasteiger partial charge on any atom is 0.0345 e. The van der Waals surface area contributed by atoms with E-state index in [1.807, 2.05) is 22.7 Å². The Bertz CT molecular complexity index is 941. The maximum absolute atomic E-state index is 5.66. The molecule has 2 aromatic heterocycles. The van der Waals surface area contributed by atoms with Gasteiger partial charge in [0.05, 0.1) is 0 Å². The third-order valence-corrected chi connectivity index (χ3v) is 7.17. The summed E-state index contributed by atoms with van der Waals surface area (Å²) in [6.45, 7) is 1.41. The van der Waals surface area contributed by atoms with Gasteiger partial charge in [-0.05, 0) is 72.5 Å². The minimum Gasteiger partial charge on any atom is -0.330 e. The summed E-state index contributed by atoms with van der Waals surface area (Å²) < 4.78 is 0. The minimum absolute atomic E-state index is 0.703. The fourth-order valence-electron chi connectivity index (χ4n) is 3.27. The normalized spacial score (nSPS) is 11.1. The summed E-state index contributed by atoms with van der Waals surface area (Å²) in [7, 11) is 0. The Morgan fingerprint density at radius 1 is 0.464 bits per heavy atom. The molecule has 28 heavy (non-hydrogen) atoms. The van der Waals surface area contributed by atoms with E-state index in [0.717, 1.165) is 12.8 Å². The predicted molar refractivity (Wildman–Crippen MR) is 124 cm³/mol. The molecular weight excluding hydrogens is 380 g/mol. The molecule has 0 spiro atoms. The van der Waals surface area contributed by atoms with Crippen LogP contribution in [0.15, 0.2) is 72.8 Å². The van der Waals surface area contributed by atoms with E-state index in [-0.39, 0.29) is 0 Å². The van der Waals surface area contributed by atoms with Crippen LogP contribution in [0.5, 0.6) is 0 Å². The lowest BCUT2D eigenvalue weighted by Crippen LogP contribution is -2.00. The van der Waals surface area contributed by atoms with Gasteiger partial charge in [-0.15, -0.1) is 22.7 Å². The van der Waals surface area contributed by atoms with Crippen molar-refractivity contribution in [2.45, 2.75) is 12.8 Å². The highest BCUT2D eigenvalue weighted by molar-refractivity contribution is 7.15. The van der Waals surface area contributed by atoms with Gasteiger partial charge in [0.25, 0.3) is 0 Å². The maximum atomic E-state index is 5.66. The third kappa shape index (κ3) is 4.26. The van der Waals surface area contributed by atoms with Crippen LogP contribution in [0.2, 0.25) is 0 Å². The Morgan fingerprint density at radius 3 is 1.18 bits per heavy atom. The average molecular weight is 405 g/mol. The summed E-state index contributed by atoms with van der Waals surface area (Å²) in [6.07, 6.45) is 1.90. The van der Waals surface area contributed by atoms with Crippen LogP contribution in [0, 0.1) is 0 Å². The van der Waals surface area contributed by atoms with Gasteiger partial charge in [0.15, 0.2) is 0 Å². The molecule has 0 aliphatic carbocycles. The third-order valence-electron chi connectivity index (χ3n) is 4.78. The van der Waals surface area contributed by atoms with E-state index in [2.05, 4.69) is 72.8 Å². The molecule has 0 fully saturated rings. The van der Waals surface area contributed by atoms with Gasteiger partial charge in [0.1, 0.15) is 0 Å². The smallest absolute Gasteiger partial charge is 0.0345 e. The van der Waals surface area contributed by atoms with Crippen LogP contribution in [0.25, 0.3) is 32.0 Å². The molecule has 2 heterocycles. The molecule has 0 bridgehead atoms. The van der Waals surface area contributed by atoms with Gasteiger partial charge in [0.2, 0.25) is 0 Å². The molecule has 2 aromatic carbocycles. The zero-order chi connectivity index (χ0) is 19.3. The van der Waals surface area contributed by atoms with Gasteiger partial charge in [-0.3, -0.25) is 0 Å². The molecule has 4 rings (SSSR count). The Kier molecular flexibility index (Phi) is 6.03. The van der Waals surface area contributed by atoms with E-state index < -0.39 is 0 Å². The highest BCUT2D eigenvalue weighted by Gasteiger charge is 2.06. The van der Waals surface area contributed by atoms with Gasteiger partial charge in [-0.2, -0.15) is 0 Å². The monoisotopic (exact) mass is 404 g/mol. The first-order valence-electron chi connectivity index (χ1n) is 9.55. The SMILES string of the molecule is NCCc1ccc(-c2ccc(-c3ccc(-c4ccc(CCN)s4)cc3)cc2)s1. The number of hydrogen-bond acceptors (Lipinski definition) is 4. The van der Waals surface area contributed by atoms with E-state index in [4.69, 9.17) is 11.5 Å². The first-order chi connectivity index (χ1) is 13.8. The second-order valence-corrected chi connectivity index (χ2v) is 9.10. The molecular formula is C24H24N2S2. The Hall–Kier alpha value is -2.24. The number of benzene rings is 2. The van der Waals surface area contributed by atoms with Crippen molar-refractivity contribution in [3.8, 4) is 32.0 Å². The van der Waals surface area contributed by atoms with Crippen molar-refractivity contribution in [3.05, 3.63) is 82.6 Å². The summed E-state index contributed by atoms with van der Waals surface area (Å²) >= 11 is 3.66. The molecule has 142 valence electrons. The Balaban J connectivity index is 1.50. The van der Waals surface area contributed by atoms with Crippen LogP contribution >= 0.6 is 22.7 Å². The summed E-state index contributed by atoms with van der Waals surface area (Å²) in [5.74, 6) is 0. The van der Waals surface area contributed by atoms with Crippen molar-refractivity contribution >= 4 is 22.7 Å². The zero-order valence-corrected chi connectivity index (χ0v) is 17.4. The van der Waals surface area contributed by atoms with Crippen molar-refractivity contribution < 1.29 is 0 Å². The van der Waals surface area contributed by atoms with Gasteiger partial charge in [-0.1, -0.05) is 48.5 Å². The second kappa shape index (κ2) is 8.84. The van der Waals surface area contributed by atoms with Crippen molar-refractivity contribution in [2.75, 3.05) is 13.1 Å². The number of thiophene rings is 2. The fourth-order valence-corrected chi connectivity index (χ4v) is 5.33. The van der Waals surface area contributed by atoms with E-state index >= 15 is 0 Å². The summed E-state index contributed by atoms with van der Waals surface area (Å²) in [4.78, 5) is 5.30. The van der Waals surface area contributed by atoms with Gasteiger partial charge in [0, 0.05) is 19.5 Å².